The average molecular weight is 308 g/mol. The summed E-state index contributed by atoms with van der Waals surface area (Å²) in [5, 5.41) is 8.08. The summed E-state index contributed by atoms with van der Waals surface area (Å²) in [6.07, 6.45) is 3.97. The maximum absolute atomic E-state index is 4.85. The van der Waals surface area contributed by atoms with E-state index < -0.39 is 0 Å². The van der Waals surface area contributed by atoms with Crippen LogP contribution >= 0.6 is 0 Å². The summed E-state index contributed by atoms with van der Waals surface area (Å²) in [7, 11) is 0. The Balaban J connectivity index is 2.10. The molecule has 0 spiro atoms. The second-order valence-corrected chi connectivity index (χ2v) is 6.32. The van der Waals surface area contributed by atoms with E-state index in [9.17, 15) is 0 Å². The first-order valence-electron chi connectivity index (χ1n) is 8.36. The molecule has 0 aliphatic carbocycles. The molecule has 120 valence electrons. The van der Waals surface area contributed by atoms with Gasteiger partial charge in [-0.05, 0) is 17.9 Å². The third kappa shape index (κ3) is 3.36. The molecule has 0 amide bonds. The number of benzene rings is 1. The van der Waals surface area contributed by atoms with Gasteiger partial charge in [0, 0.05) is 23.9 Å². The molecule has 2 aromatic heterocycles. The van der Waals surface area contributed by atoms with Gasteiger partial charge in [0.25, 0.3) is 0 Å². The fraction of sp³-hybridized carbons (Fsp3) is 0.368. The Morgan fingerprint density at radius 2 is 1.96 bits per heavy atom. The van der Waals surface area contributed by atoms with Crippen LogP contribution in [-0.4, -0.2) is 21.1 Å². The van der Waals surface area contributed by atoms with Gasteiger partial charge in [-0.1, -0.05) is 57.5 Å². The van der Waals surface area contributed by atoms with Crippen LogP contribution in [0.1, 0.15) is 32.9 Å². The zero-order valence-electron chi connectivity index (χ0n) is 14.1. The second-order valence-electron chi connectivity index (χ2n) is 6.32. The van der Waals surface area contributed by atoms with Crippen molar-refractivity contribution in [3.63, 3.8) is 0 Å². The lowest BCUT2D eigenvalue weighted by molar-refractivity contribution is 0.683. The summed E-state index contributed by atoms with van der Waals surface area (Å²) in [5.74, 6) is 1.60. The van der Waals surface area contributed by atoms with Crippen molar-refractivity contribution < 1.29 is 0 Å². The Labute approximate surface area is 137 Å². The van der Waals surface area contributed by atoms with Crippen molar-refractivity contribution in [2.24, 2.45) is 5.92 Å². The van der Waals surface area contributed by atoms with Crippen LogP contribution in [0.4, 0.5) is 5.82 Å². The van der Waals surface area contributed by atoms with E-state index in [2.05, 4.69) is 49.4 Å². The monoisotopic (exact) mass is 308 g/mol. The molecule has 0 aliphatic rings. The summed E-state index contributed by atoms with van der Waals surface area (Å²) in [6, 6.07) is 12.5. The lowest BCUT2D eigenvalue weighted by Gasteiger charge is -2.12. The Hall–Kier alpha value is -2.36. The molecular formula is C19H24N4. The predicted octanol–water partition coefficient (Wildman–Crippen LogP) is 4.42. The molecule has 0 radical (unpaired) electrons. The first-order chi connectivity index (χ1) is 11.2. The fourth-order valence-corrected chi connectivity index (χ4v) is 2.65. The van der Waals surface area contributed by atoms with Crippen LogP contribution in [0.3, 0.4) is 0 Å². The standard InChI is InChI=1S/C19H24N4/c1-4-8-16-11-18(20-12-14(2)3)23-19(22-16)17(13-21-23)15-9-6-5-7-10-15/h5-7,9-11,13-14,20H,4,8,12H2,1-3H3. The van der Waals surface area contributed by atoms with Gasteiger partial charge >= 0.3 is 0 Å². The quantitative estimate of drug-likeness (QED) is 0.733. The summed E-state index contributed by atoms with van der Waals surface area (Å²) in [4.78, 5) is 4.85. The van der Waals surface area contributed by atoms with Crippen molar-refractivity contribution in [3.8, 4) is 11.1 Å². The van der Waals surface area contributed by atoms with Crippen LogP contribution < -0.4 is 5.32 Å². The zero-order valence-corrected chi connectivity index (χ0v) is 14.1. The first-order valence-corrected chi connectivity index (χ1v) is 8.36. The highest BCUT2D eigenvalue weighted by atomic mass is 15.3. The highest BCUT2D eigenvalue weighted by molar-refractivity contribution is 5.78. The van der Waals surface area contributed by atoms with E-state index in [1.165, 1.54) is 0 Å². The van der Waals surface area contributed by atoms with E-state index in [0.29, 0.717) is 5.92 Å². The van der Waals surface area contributed by atoms with Crippen LogP contribution in [0.2, 0.25) is 0 Å². The lowest BCUT2D eigenvalue weighted by Crippen LogP contribution is -2.12. The Bertz CT molecular complexity index is 775. The Morgan fingerprint density at radius 3 is 2.65 bits per heavy atom. The number of anilines is 1. The molecule has 0 unspecified atom stereocenters. The van der Waals surface area contributed by atoms with Crippen LogP contribution in [-0.2, 0) is 6.42 Å². The predicted molar refractivity (Wildman–Crippen MR) is 95.7 cm³/mol. The van der Waals surface area contributed by atoms with Crippen LogP contribution in [0.5, 0.6) is 0 Å². The van der Waals surface area contributed by atoms with Gasteiger partial charge in [-0.15, -0.1) is 0 Å². The molecule has 0 aliphatic heterocycles. The molecular weight excluding hydrogens is 284 g/mol. The highest BCUT2D eigenvalue weighted by Crippen LogP contribution is 2.26. The van der Waals surface area contributed by atoms with Crippen LogP contribution in [0.15, 0.2) is 42.6 Å². The summed E-state index contributed by atoms with van der Waals surface area (Å²) < 4.78 is 1.92. The molecule has 2 heterocycles. The van der Waals surface area contributed by atoms with E-state index in [1.54, 1.807) is 0 Å². The number of rotatable bonds is 6. The Morgan fingerprint density at radius 1 is 1.17 bits per heavy atom. The second kappa shape index (κ2) is 6.82. The van der Waals surface area contributed by atoms with Gasteiger partial charge in [-0.25, -0.2) is 4.98 Å². The molecule has 1 aromatic carbocycles. The van der Waals surface area contributed by atoms with Crippen LogP contribution in [0.25, 0.3) is 16.8 Å². The Kier molecular flexibility index (Phi) is 4.60. The molecule has 0 atom stereocenters. The van der Waals surface area contributed by atoms with Gasteiger partial charge in [-0.2, -0.15) is 9.61 Å². The number of hydrogen-bond acceptors (Lipinski definition) is 3. The lowest BCUT2D eigenvalue weighted by atomic mass is 10.1. The largest absolute Gasteiger partial charge is 0.370 e. The van der Waals surface area contributed by atoms with Gasteiger partial charge in [0.05, 0.1) is 6.20 Å². The van der Waals surface area contributed by atoms with Crippen molar-refractivity contribution in [1.82, 2.24) is 14.6 Å². The van der Waals surface area contributed by atoms with Crippen LogP contribution in [0, 0.1) is 5.92 Å². The topological polar surface area (TPSA) is 42.2 Å². The highest BCUT2D eigenvalue weighted by Gasteiger charge is 2.13. The van der Waals surface area contributed by atoms with Gasteiger partial charge in [0.15, 0.2) is 5.65 Å². The number of fused-ring (bicyclic) bond motifs is 1. The molecule has 1 N–H and O–H groups in total. The van der Waals surface area contributed by atoms with E-state index >= 15 is 0 Å². The van der Waals surface area contributed by atoms with Crippen molar-refractivity contribution in [3.05, 3.63) is 48.3 Å². The summed E-state index contributed by atoms with van der Waals surface area (Å²) in [5.41, 5.74) is 4.27. The number of aromatic nitrogens is 3. The third-order valence-electron chi connectivity index (χ3n) is 3.81. The molecule has 0 saturated heterocycles. The number of aryl methyl sites for hydroxylation is 1. The minimum Gasteiger partial charge on any atom is -0.370 e. The van der Waals surface area contributed by atoms with E-state index in [4.69, 9.17) is 4.98 Å². The van der Waals surface area contributed by atoms with Crippen molar-refractivity contribution in [2.75, 3.05) is 11.9 Å². The number of nitrogens with one attached hydrogen (secondary N) is 1. The van der Waals surface area contributed by atoms with E-state index in [1.807, 2.05) is 28.9 Å². The SMILES string of the molecule is CCCc1cc(NCC(C)C)n2ncc(-c3ccccc3)c2n1. The van der Waals surface area contributed by atoms with Gasteiger partial charge in [0.2, 0.25) is 0 Å². The minimum atomic E-state index is 0.581. The van der Waals surface area contributed by atoms with Gasteiger partial charge in [0.1, 0.15) is 5.82 Å². The molecule has 0 fully saturated rings. The molecule has 4 nitrogen and oxygen atoms in total. The van der Waals surface area contributed by atoms with Crippen molar-refractivity contribution >= 4 is 11.5 Å². The molecule has 0 saturated carbocycles. The van der Waals surface area contributed by atoms with Gasteiger partial charge in [-0.3, -0.25) is 0 Å². The van der Waals surface area contributed by atoms with Crippen molar-refractivity contribution in [2.45, 2.75) is 33.6 Å². The van der Waals surface area contributed by atoms with Gasteiger partial charge < -0.3 is 5.32 Å². The van der Waals surface area contributed by atoms with E-state index in [0.717, 1.165) is 47.7 Å². The minimum absolute atomic E-state index is 0.581. The molecule has 3 rings (SSSR count). The average Bonchev–Trinajstić information content (AvgIpc) is 2.97. The maximum Gasteiger partial charge on any atom is 0.165 e. The third-order valence-corrected chi connectivity index (χ3v) is 3.81. The molecule has 3 aromatic rings. The molecule has 4 heteroatoms. The molecule has 0 bridgehead atoms. The smallest absolute Gasteiger partial charge is 0.165 e. The maximum atomic E-state index is 4.85. The summed E-state index contributed by atoms with van der Waals surface area (Å²) in [6.45, 7) is 7.51. The van der Waals surface area contributed by atoms with E-state index in [-0.39, 0.29) is 0 Å². The number of hydrogen-bond donors (Lipinski definition) is 1. The summed E-state index contributed by atoms with van der Waals surface area (Å²) >= 11 is 0. The normalized spacial score (nSPS) is 11.3. The first kappa shape index (κ1) is 15.5. The number of nitrogens with zero attached hydrogens (tertiary/aromatic N) is 3. The fourth-order valence-electron chi connectivity index (χ4n) is 2.65. The molecule has 23 heavy (non-hydrogen) atoms. The van der Waals surface area contributed by atoms with Crippen molar-refractivity contribution in [1.29, 1.82) is 0 Å². The zero-order chi connectivity index (χ0) is 16.2.